The summed E-state index contributed by atoms with van der Waals surface area (Å²) in [5.74, 6) is 1.29. The second kappa shape index (κ2) is 7.86. The van der Waals surface area contributed by atoms with Crippen molar-refractivity contribution >= 4 is 11.8 Å². The first kappa shape index (κ1) is 19.4. The molecule has 0 radical (unpaired) electrons. The summed E-state index contributed by atoms with van der Waals surface area (Å²) >= 11 is 0. The van der Waals surface area contributed by atoms with Gasteiger partial charge < -0.3 is 14.7 Å². The van der Waals surface area contributed by atoms with Crippen molar-refractivity contribution in [3.8, 4) is 0 Å². The monoisotopic (exact) mass is 383 g/mol. The van der Waals surface area contributed by atoms with E-state index in [1.165, 1.54) is 0 Å². The zero-order chi connectivity index (χ0) is 19.8. The fraction of sp³-hybridized carbons (Fsp3) is 0.652. The lowest BCUT2D eigenvalue weighted by molar-refractivity contribution is -0.152. The molecule has 0 saturated carbocycles. The normalized spacial score (nSPS) is 29.8. The topological polar surface area (TPSA) is 43.9 Å². The van der Waals surface area contributed by atoms with E-state index < -0.39 is 0 Å². The maximum atomic E-state index is 13.4. The minimum absolute atomic E-state index is 0.173. The molecule has 3 fully saturated rings. The third kappa shape index (κ3) is 3.45. The highest BCUT2D eigenvalue weighted by molar-refractivity contribution is 5.95. The van der Waals surface area contributed by atoms with E-state index >= 15 is 0 Å². The minimum Gasteiger partial charge on any atom is -0.338 e. The van der Waals surface area contributed by atoms with Crippen molar-refractivity contribution < 1.29 is 9.59 Å². The van der Waals surface area contributed by atoms with E-state index in [-0.39, 0.29) is 11.9 Å². The Morgan fingerprint density at radius 3 is 2.68 bits per heavy atom. The van der Waals surface area contributed by atoms with E-state index in [1.807, 2.05) is 18.2 Å². The largest absolute Gasteiger partial charge is 0.338 e. The Hall–Kier alpha value is -1.88. The van der Waals surface area contributed by atoms with E-state index in [0.29, 0.717) is 30.2 Å². The Labute approximate surface area is 168 Å². The predicted molar refractivity (Wildman–Crippen MR) is 110 cm³/mol. The lowest BCUT2D eigenvalue weighted by Gasteiger charge is -2.57. The standard InChI is InChI=1S/C23H33N3O2/c1-4-16-8-5-6-9-19(16)23(28)25-13-17-12-18(14-25)21(15-24(2)3)26-20(17)10-7-11-22(26)27/h5-6,8-9,17-18,20-21H,4,7,10-15H2,1-3H3/t17-,18+,20+,21+/m1/s1. The molecular formula is C23H33N3O2. The number of hydrogen-bond acceptors (Lipinski definition) is 3. The molecule has 3 aliphatic rings. The van der Waals surface area contributed by atoms with Crippen molar-refractivity contribution in [2.45, 2.75) is 51.1 Å². The number of nitrogens with zero attached hydrogens (tertiary/aromatic N) is 3. The maximum absolute atomic E-state index is 13.4. The second-order valence-electron chi connectivity index (χ2n) is 9.07. The number of benzene rings is 1. The summed E-state index contributed by atoms with van der Waals surface area (Å²) in [7, 11) is 4.16. The van der Waals surface area contributed by atoms with Crippen molar-refractivity contribution in [1.29, 1.82) is 0 Å². The molecule has 0 N–H and O–H groups in total. The maximum Gasteiger partial charge on any atom is 0.254 e. The van der Waals surface area contributed by atoms with Crippen LogP contribution in [0.3, 0.4) is 0 Å². The zero-order valence-electron chi connectivity index (χ0n) is 17.4. The van der Waals surface area contributed by atoms with Crippen LogP contribution in [0.25, 0.3) is 0 Å². The van der Waals surface area contributed by atoms with E-state index in [4.69, 9.17) is 0 Å². The van der Waals surface area contributed by atoms with Crippen LogP contribution in [0.2, 0.25) is 0 Å². The number of likely N-dealkylation sites (N-methyl/N-ethyl adjacent to an activating group) is 1. The van der Waals surface area contributed by atoms with Crippen LogP contribution < -0.4 is 0 Å². The molecule has 3 heterocycles. The molecule has 28 heavy (non-hydrogen) atoms. The van der Waals surface area contributed by atoms with Gasteiger partial charge in [-0.3, -0.25) is 9.59 Å². The average molecular weight is 384 g/mol. The van der Waals surface area contributed by atoms with Gasteiger partial charge >= 0.3 is 0 Å². The molecule has 3 saturated heterocycles. The van der Waals surface area contributed by atoms with Crippen molar-refractivity contribution in [3.05, 3.63) is 35.4 Å². The van der Waals surface area contributed by atoms with Crippen LogP contribution in [-0.4, -0.2) is 72.3 Å². The molecule has 2 amide bonds. The highest BCUT2D eigenvalue weighted by Gasteiger charge is 2.50. The molecule has 0 unspecified atom stereocenters. The summed E-state index contributed by atoms with van der Waals surface area (Å²) in [4.78, 5) is 32.7. The van der Waals surface area contributed by atoms with E-state index in [9.17, 15) is 9.59 Å². The SMILES string of the molecule is CCc1ccccc1C(=O)N1C[C@H]2C[C@@H](C1)[C@H](CN(C)C)N1C(=O)CCC[C@@H]21. The van der Waals surface area contributed by atoms with E-state index in [0.717, 1.165) is 56.4 Å². The molecule has 5 heteroatoms. The number of fused-ring (bicyclic) bond motifs is 4. The van der Waals surface area contributed by atoms with Gasteiger partial charge in [0.25, 0.3) is 5.91 Å². The van der Waals surface area contributed by atoms with Crippen LogP contribution in [-0.2, 0) is 11.2 Å². The van der Waals surface area contributed by atoms with Crippen LogP contribution in [0, 0.1) is 11.8 Å². The number of carbonyl (C=O) groups excluding carboxylic acids is 2. The molecule has 0 aliphatic carbocycles. The van der Waals surface area contributed by atoms with Gasteiger partial charge in [-0.2, -0.15) is 0 Å². The number of carbonyl (C=O) groups is 2. The zero-order valence-corrected chi connectivity index (χ0v) is 17.4. The molecule has 2 bridgehead atoms. The van der Waals surface area contributed by atoms with Crippen LogP contribution in [0.5, 0.6) is 0 Å². The number of hydrogen-bond donors (Lipinski definition) is 0. The van der Waals surface area contributed by atoms with Gasteiger partial charge in [0.05, 0.1) is 0 Å². The summed E-state index contributed by atoms with van der Waals surface area (Å²) in [6, 6.07) is 8.54. The lowest BCUT2D eigenvalue weighted by atomic mass is 9.71. The number of piperidine rings is 3. The first-order chi connectivity index (χ1) is 13.5. The van der Waals surface area contributed by atoms with Gasteiger partial charge in [-0.1, -0.05) is 25.1 Å². The Morgan fingerprint density at radius 2 is 1.93 bits per heavy atom. The number of rotatable bonds is 4. The van der Waals surface area contributed by atoms with Crippen molar-refractivity contribution in [3.63, 3.8) is 0 Å². The molecule has 1 aromatic rings. The Morgan fingerprint density at radius 1 is 1.18 bits per heavy atom. The van der Waals surface area contributed by atoms with Gasteiger partial charge in [0.15, 0.2) is 0 Å². The molecule has 1 aromatic carbocycles. The molecular weight excluding hydrogens is 350 g/mol. The number of aryl methyl sites for hydroxylation is 1. The third-order valence-corrected chi connectivity index (χ3v) is 6.96. The summed E-state index contributed by atoms with van der Waals surface area (Å²) in [6.45, 7) is 4.54. The summed E-state index contributed by atoms with van der Waals surface area (Å²) in [5, 5.41) is 0. The molecule has 0 aromatic heterocycles. The summed E-state index contributed by atoms with van der Waals surface area (Å²) < 4.78 is 0. The Balaban J connectivity index is 1.62. The van der Waals surface area contributed by atoms with Gasteiger partial charge in [0.2, 0.25) is 5.91 Å². The smallest absolute Gasteiger partial charge is 0.254 e. The quantitative estimate of drug-likeness (QED) is 0.803. The van der Waals surface area contributed by atoms with Crippen LogP contribution in [0.1, 0.15) is 48.5 Å². The minimum atomic E-state index is 0.173. The van der Waals surface area contributed by atoms with Crippen molar-refractivity contribution in [2.75, 3.05) is 33.7 Å². The van der Waals surface area contributed by atoms with E-state index in [1.54, 1.807) is 0 Å². The molecule has 4 rings (SSSR count). The van der Waals surface area contributed by atoms with E-state index in [2.05, 4.69) is 41.8 Å². The second-order valence-corrected chi connectivity index (χ2v) is 9.07. The van der Waals surface area contributed by atoms with Gasteiger partial charge in [0, 0.05) is 43.7 Å². The molecule has 5 nitrogen and oxygen atoms in total. The van der Waals surface area contributed by atoms with Crippen LogP contribution in [0.4, 0.5) is 0 Å². The van der Waals surface area contributed by atoms with Crippen LogP contribution >= 0.6 is 0 Å². The van der Waals surface area contributed by atoms with Crippen molar-refractivity contribution in [1.82, 2.24) is 14.7 Å². The first-order valence-corrected chi connectivity index (χ1v) is 10.8. The Bertz CT molecular complexity index is 747. The molecule has 4 atom stereocenters. The highest BCUT2D eigenvalue weighted by Crippen LogP contribution is 2.42. The first-order valence-electron chi connectivity index (χ1n) is 10.8. The number of amides is 2. The number of likely N-dealkylation sites (tertiary alicyclic amines) is 1. The lowest BCUT2D eigenvalue weighted by Crippen LogP contribution is -2.67. The van der Waals surface area contributed by atoms with Gasteiger partial charge in [-0.05, 0) is 63.2 Å². The fourth-order valence-corrected chi connectivity index (χ4v) is 5.76. The molecule has 0 spiro atoms. The average Bonchev–Trinajstić information content (AvgIpc) is 2.70. The highest BCUT2D eigenvalue weighted by atomic mass is 16.2. The Kier molecular flexibility index (Phi) is 5.46. The van der Waals surface area contributed by atoms with Gasteiger partial charge in [0.1, 0.15) is 0 Å². The molecule has 3 aliphatic heterocycles. The third-order valence-electron chi connectivity index (χ3n) is 6.96. The molecule has 152 valence electrons. The van der Waals surface area contributed by atoms with Gasteiger partial charge in [-0.25, -0.2) is 0 Å². The predicted octanol–water partition coefficient (Wildman–Crippen LogP) is 2.65. The van der Waals surface area contributed by atoms with Crippen LogP contribution in [0.15, 0.2) is 24.3 Å². The summed E-state index contributed by atoms with van der Waals surface area (Å²) in [5.41, 5.74) is 1.98. The van der Waals surface area contributed by atoms with Crippen molar-refractivity contribution in [2.24, 2.45) is 11.8 Å². The van der Waals surface area contributed by atoms with Gasteiger partial charge in [-0.15, -0.1) is 0 Å². The summed E-state index contributed by atoms with van der Waals surface area (Å²) in [6.07, 6.45) is 4.78. The fourth-order valence-electron chi connectivity index (χ4n) is 5.76.